The Morgan fingerprint density at radius 2 is 2.19 bits per heavy atom. The molecule has 3 atom stereocenters. The first-order valence-electron chi connectivity index (χ1n) is 9.39. The molecule has 1 aromatic carbocycles. The Balaban J connectivity index is 2.13. The number of ether oxygens (including phenoxy) is 2. The number of aromatic carboxylic acids is 1. The second-order valence-electron chi connectivity index (χ2n) is 6.86. The zero-order valence-corrected chi connectivity index (χ0v) is 16.7. The Labute approximate surface area is 161 Å². The van der Waals surface area contributed by atoms with Crippen molar-refractivity contribution in [2.75, 3.05) is 13.7 Å². The summed E-state index contributed by atoms with van der Waals surface area (Å²) in [6.07, 6.45) is 5.60. The van der Waals surface area contributed by atoms with Crippen molar-refractivity contribution in [1.29, 1.82) is 0 Å². The average molecular weight is 384 g/mol. The number of carbonyl (C=O) groups is 1. The molecule has 0 amide bonds. The van der Waals surface area contributed by atoms with E-state index in [0.29, 0.717) is 11.3 Å². The summed E-state index contributed by atoms with van der Waals surface area (Å²) in [4.78, 5) is 13.7. The van der Waals surface area contributed by atoms with Crippen molar-refractivity contribution < 1.29 is 19.4 Å². The number of nitrogens with zero attached hydrogens (tertiary/aromatic N) is 1. The Kier molecular flexibility index (Phi) is 8.19. The number of piperidine rings is 1. The van der Waals surface area contributed by atoms with E-state index in [9.17, 15) is 9.90 Å². The molecule has 1 aromatic rings. The van der Waals surface area contributed by atoms with Crippen LogP contribution in [-0.4, -0.2) is 48.0 Å². The van der Waals surface area contributed by atoms with Crippen LogP contribution in [0.2, 0.25) is 0 Å². The topological polar surface area (TPSA) is 59.0 Å². The van der Waals surface area contributed by atoms with Gasteiger partial charge in [-0.05, 0) is 49.9 Å². The summed E-state index contributed by atoms with van der Waals surface area (Å²) in [5.74, 6) is -0.167. The minimum atomic E-state index is -0.971. The number of rotatable bonds is 9. The van der Waals surface area contributed by atoms with E-state index in [-0.39, 0.29) is 29.8 Å². The molecule has 1 aliphatic rings. The first-order chi connectivity index (χ1) is 12.5. The van der Waals surface area contributed by atoms with E-state index < -0.39 is 5.97 Å². The molecule has 1 saturated heterocycles. The number of hydrogen-bond acceptors (Lipinski definition) is 4. The van der Waals surface area contributed by atoms with Crippen molar-refractivity contribution in [3.63, 3.8) is 0 Å². The van der Waals surface area contributed by atoms with Gasteiger partial charge in [-0.1, -0.05) is 19.8 Å². The third-order valence-corrected chi connectivity index (χ3v) is 5.37. The number of likely N-dealkylation sites (tertiary alicyclic amines) is 1. The van der Waals surface area contributed by atoms with E-state index >= 15 is 0 Å². The maximum atomic E-state index is 11.3. The maximum Gasteiger partial charge on any atom is 0.336 e. The third kappa shape index (κ3) is 5.12. The molecule has 5 nitrogen and oxygen atoms in total. The molecule has 26 heavy (non-hydrogen) atoms. The highest BCUT2D eigenvalue weighted by molar-refractivity contribution is 6.17. The summed E-state index contributed by atoms with van der Waals surface area (Å²) >= 11 is 5.91. The van der Waals surface area contributed by atoms with Crippen molar-refractivity contribution >= 4 is 17.6 Å². The van der Waals surface area contributed by atoms with E-state index in [0.717, 1.165) is 25.8 Å². The van der Waals surface area contributed by atoms with Gasteiger partial charge >= 0.3 is 5.97 Å². The van der Waals surface area contributed by atoms with Gasteiger partial charge in [-0.25, -0.2) is 4.79 Å². The molecule has 0 radical (unpaired) electrons. The van der Waals surface area contributed by atoms with E-state index in [1.54, 1.807) is 25.3 Å². The van der Waals surface area contributed by atoms with Gasteiger partial charge in [0.25, 0.3) is 0 Å². The Hall–Kier alpha value is -1.30. The van der Waals surface area contributed by atoms with Crippen LogP contribution in [0.4, 0.5) is 0 Å². The molecule has 1 heterocycles. The molecule has 3 unspecified atom stereocenters. The predicted octanol–water partition coefficient (Wildman–Crippen LogP) is 4.52. The van der Waals surface area contributed by atoms with E-state index in [2.05, 4.69) is 18.7 Å². The van der Waals surface area contributed by atoms with Gasteiger partial charge in [0.1, 0.15) is 18.1 Å². The summed E-state index contributed by atoms with van der Waals surface area (Å²) in [6.45, 7) is 5.26. The largest absolute Gasteiger partial charge is 0.489 e. The summed E-state index contributed by atoms with van der Waals surface area (Å²) in [7, 11) is 1.77. The smallest absolute Gasteiger partial charge is 0.336 e. The van der Waals surface area contributed by atoms with Crippen molar-refractivity contribution in [1.82, 2.24) is 4.90 Å². The van der Waals surface area contributed by atoms with Crippen LogP contribution in [0.5, 0.6) is 5.75 Å². The fourth-order valence-electron chi connectivity index (χ4n) is 3.76. The first kappa shape index (κ1) is 21.0. The monoisotopic (exact) mass is 383 g/mol. The van der Waals surface area contributed by atoms with Gasteiger partial charge in [-0.2, -0.15) is 0 Å². The quantitative estimate of drug-likeness (QED) is 0.635. The highest BCUT2D eigenvalue weighted by Gasteiger charge is 2.33. The number of halogens is 1. The van der Waals surface area contributed by atoms with Gasteiger partial charge < -0.3 is 14.6 Å². The molecule has 1 N–H and O–H groups in total. The summed E-state index contributed by atoms with van der Waals surface area (Å²) < 4.78 is 11.9. The molecule has 0 bridgehead atoms. The van der Waals surface area contributed by atoms with Gasteiger partial charge in [-0.3, -0.25) is 4.90 Å². The Morgan fingerprint density at radius 1 is 1.42 bits per heavy atom. The van der Waals surface area contributed by atoms with Crippen LogP contribution in [-0.2, 0) is 10.6 Å². The van der Waals surface area contributed by atoms with E-state index in [1.165, 1.54) is 12.8 Å². The van der Waals surface area contributed by atoms with Gasteiger partial charge in [0.15, 0.2) is 0 Å². The highest BCUT2D eigenvalue weighted by atomic mass is 35.5. The Morgan fingerprint density at radius 3 is 2.81 bits per heavy atom. The lowest BCUT2D eigenvalue weighted by atomic mass is 9.97. The molecule has 6 heteroatoms. The highest BCUT2D eigenvalue weighted by Crippen LogP contribution is 2.28. The van der Waals surface area contributed by atoms with Gasteiger partial charge in [0.2, 0.25) is 0 Å². The molecular weight excluding hydrogens is 354 g/mol. The first-order valence-corrected chi connectivity index (χ1v) is 9.92. The standard InChI is InChI=1S/C20H30ClNO4/c1-4-7-19(25-3)22-11-6-5-8-18(22)14(2)26-16-9-10-17(20(23)24)15(12-16)13-21/h9-10,12,14,18-19H,4-8,11,13H2,1-3H3,(H,23,24). The van der Waals surface area contributed by atoms with Crippen LogP contribution in [0.15, 0.2) is 18.2 Å². The zero-order valence-electron chi connectivity index (χ0n) is 15.9. The minimum absolute atomic E-state index is 0.0244. The summed E-state index contributed by atoms with van der Waals surface area (Å²) in [6, 6.07) is 5.29. The van der Waals surface area contributed by atoms with Crippen LogP contribution >= 0.6 is 11.6 Å². The molecule has 0 spiro atoms. The van der Waals surface area contributed by atoms with Crippen molar-refractivity contribution in [2.24, 2.45) is 0 Å². The van der Waals surface area contributed by atoms with Crippen LogP contribution in [0, 0.1) is 0 Å². The molecule has 146 valence electrons. The lowest BCUT2D eigenvalue weighted by molar-refractivity contribution is -0.0931. The number of alkyl halides is 1. The lowest BCUT2D eigenvalue weighted by Crippen LogP contribution is -2.53. The van der Waals surface area contributed by atoms with Gasteiger partial charge in [0, 0.05) is 25.6 Å². The molecule has 0 aliphatic carbocycles. The number of carboxylic acids is 1. The zero-order chi connectivity index (χ0) is 19.1. The second kappa shape index (κ2) is 10.1. The average Bonchev–Trinajstić information content (AvgIpc) is 2.65. The number of carboxylic acid groups (broad SMARTS) is 1. The number of benzene rings is 1. The van der Waals surface area contributed by atoms with Crippen LogP contribution in [0.1, 0.15) is 61.9 Å². The normalized spacial score (nSPS) is 20.5. The van der Waals surface area contributed by atoms with Crippen LogP contribution < -0.4 is 4.74 Å². The third-order valence-electron chi connectivity index (χ3n) is 5.08. The number of methoxy groups -OCH3 is 1. The molecule has 0 saturated carbocycles. The van der Waals surface area contributed by atoms with Crippen LogP contribution in [0.25, 0.3) is 0 Å². The van der Waals surface area contributed by atoms with E-state index in [1.807, 2.05) is 0 Å². The molecule has 2 rings (SSSR count). The lowest BCUT2D eigenvalue weighted by Gasteiger charge is -2.43. The van der Waals surface area contributed by atoms with Gasteiger partial charge in [-0.15, -0.1) is 11.6 Å². The fourth-order valence-corrected chi connectivity index (χ4v) is 3.98. The molecular formula is C20H30ClNO4. The van der Waals surface area contributed by atoms with Crippen molar-refractivity contribution in [3.05, 3.63) is 29.3 Å². The van der Waals surface area contributed by atoms with Crippen LogP contribution in [0.3, 0.4) is 0 Å². The number of hydrogen-bond donors (Lipinski definition) is 1. The van der Waals surface area contributed by atoms with Crippen molar-refractivity contribution in [2.45, 2.75) is 70.2 Å². The molecule has 1 fully saturated rings. The summed E-state index contributed by atoms with van der Waals surface area (Å²) in [5.41, 5.74) is 0.798. The SMILES string of the molecule is CCCC(OC)N1CCCCC1C(C)Oc1ccc(C(=O)O)c(CCl)c1. The second-order valence-corrected chi connectivity index (χ2v) is 7.13. The van der Waals surface area contributed by atoms with E-state index in [4.69, 9.17) is 21.1 Å². The summed E-state index contributed by atoms with van der Waals surface area (Å²) in [5, 5.41) is 9.23. The Bertz CT molecular complexity index is 595. The minimum Gasteiger partial charge on any atom is -0.489 e. The fraction of sp³-hybridized carbons (Fsp3) is 0.650. The molecule has 1 aliphatic heterocycles. The molecule has 0 aromatic heterocycles. The van der Waals surface area contributed by atoms with Crippen molar-refractivity contribution in [3.8, 4) is 5.75 Å². The maximum absolute atomic E-state index is 11.3. The van der Waals surface area contributed by atoms with Gasteiger partial charge in [0.05, 0.1) is 5.56 Å². The predicted molar refractivity (Wildman–Crippen MR) is 103 cm³/mol.